The predicted molar refractivity (Wildman–Crippen MR) is 89.2 cm³/mol. The van der Waals surface area contributed by atoms with Gasteiger partial charge in [0.05, 0.1) is 10.9 Å². The number of amides is 2. The average Bonchev–Trinajstić information content (AvgIpc) is 3.29. The summed E-state index contributed by atoms with van der Waals surface area (Å²) in [6.45, 7) is 2.53. The number of hydrogen-bond donors (Lipinski definition) is 2. The molecule has 2 fully saturated rings. The Hall–Kier alpha value is -1.47. The summed E-state index contributed by atoms with van der Waals surface area (Å²) in [5.41, 5.74) is 6.00. The van der Waals surface area contributed by atoms with Crippen LogP contribution >= 0.6 is 11.3 Å². The number of hydrogen-bond acceptors (Lipinski definition) is 5. The van der Waals surface area contributed by atoms with Gasteiger partial charge in [-0.05, 0) is 38.1 Å². The van der Waals surface area contributed by atoms with Gasteiger partial charge in [-0.2, -0.15) is 0 Å². The molecule has 0 spiro atoms. The maximum atomic E-state index is 12.6. The molecule has 126 valence electrons. The highest BCUT2D eigenvalue weighted by atomic mass is 32.1. The molecule has 1 aliphatic heterocycles. The third kappa shape index (κ3) is 4.29. The average molecular weight is 336 g/mol. The third-order valence-corrected chi connectivity index (χ3v) is 5.38. The van der Waals surface area contributed by atoms with Crippen LogP contribution in [0.2, 0.25) is 0 Å². The molecular weight excluding hydrogens is 312 g/mol. The molecule has 1 atom stereocenters. The molecule has 3 N–H and O–H groups in total. The fourth-order valence-corrected chi connectivity index (χ4v) is 3.68. The van der Waals surface area contributed by atoms with Crippen LogP contribution in [0.25, 0.3) is 0 Å². The molecule has 0 aromatic carbocycles. The van der Waals surface area contributed by atoms with Gasteiger partial charge in [-0.3, -0.25) is 9.59 Å². The second-order valence-electron chi connectivity index (χ2n) is 6.44. The molecule has 1 aliphatic carbocycles. The van der Waals surface area contributed by atoms with Crippen molar-refractivity contribution in [3.05, 3.63) is 16.1 Å². The van der Waals surface area contributed by atoms with E-state index < -0.39 is 0 Å². The highest BCUT2D eigenvalue weighted by molar-refractivity contribution is 7.09. The maximum absolute atomic E-state index is 12.6. The molecule has 0 radical (unpaired) electrons. The first-order chi connectivity index (χ1) is 11.2. The summed E-state index contributed by atoms with van der Waals surface area (Å²) in [4.78, 5) is 30.9. The van der Waals surface area contributed by atoms with Crippen molar-refractivity contribution in [2.45, 2.75) is 32.1 Å². The number of thiazole rings is 1. The van der Waals surface area contributed by atoms with Crippen LogP contribution in [0, 0.1) is 11.8 Å². The SMILES string of the molecule is NCCc1nc(C(=O)N2CCCC(C(=O)NCC3CC3)C2)cs1. The van der Waals surface area contributed by atoms with Crippen LogP contribution in [-0.4, -0.2) is 47.9 Å². The first-order valence-electron chi connectivity index (χ1n) is 8.39. The quantitative estimate of drug-likeness (QED) is 0.812. The number of nitrogens with one attached hydrogen (secondary N) is 1. The maximum Gasteiger partial charge on any atom is 0.273 e. The zero-order chi connectivity index (χ0) is 16.2. The number of piperidine rings is 1. The summed E-state index contributed by atoms with van der Waals surface area (Å²) in [5.74, 6) is 0.616. The highest BCUT2D eigenvalue weighted by Gasteiger charge is 2.30. The molecule has 1 saturated carbocycles. The molecule has 1 aromatic heterocycles. The van der Waals surface area contributed by atoms with Gasteiger partial charge in [0.1, 0.15) is 5.69 Å². The van der Waals surface area contributed by atoms with Crippen LogP contribution in [0.4, 0.5) is 0 Å². The van der Waals surface area contributed by atoms with Crippen molar-refractivity contribution < 1.29 is 9.59 Å². The minimum atomic E-state index is -0.0893. The highest BCUT2D eigenvalue weighted by Crippen LogP contribution is 2.28. The van der Waals surface area contributed by atoms with Gasteiger partial charge in [-0.25, -0.2) is 4.98 Å². The van der Waals surface area contributed by atoms with Gasteiger partial charge < -0.3 is 16.0 Å². The molecule has 23 heavy (non-hydrogen) atoms. The van der Waals surface area contributed by atoms with E-state index in [1.807, 2.05) is 0 Å². The van der Waals surface area contributed by atoms with E-state index in [2.05, 4.69) is 10.3 Å². The largest absolute Gasteiger partial charge is 0.356 e. The fraction of sp³-hybridized carbons (Fsp3) is 0.688. The van der Waals surface area contributed by atoms with E-state index in [4.69, 9.17) is 5.73 Å². The Balaban J connectivity index is 1.55. The zero-order valence-electron chi connectivity index (χ0n) is 13.3. The van der Waals surface area contributed by atoms with Crippen LogP contribution in [-0.2, 0) is 11.2 Å². The van der Waals surface area contributed by atoms with Crippen molar-refractivity contribution in [3.63, 3.8) is 0 Å². The number of nitrogens with two attached hydrogens (primary N) is 1. The minimum Gasteiger partial charge on any atom is -0.356 e. The summed E-state index contributed by atoms with van der Waals surface area (Å²) < 4.78 is 0. The lowest BCUT2D eigenvalue weighted by Gasteiger charge is -2.31. The molecule has 2 amide bonds. The second-order valence-corrected chi connectivity index (χ2v) is 7.39. The third-order valence-electron chi connectivity index (χ3n) is 4.47. The lowest BCUT2D eigenvalue weighted by atomic mass is 9.97. The number of likely N-dealkylation sites (tertiary alicyclic amines) is 1. The summed E-state index contributed by atoms with van der Waals surface area (Å²) in [5, 5.41) is 5.72. The Bertz CT molecular complexity index is 570. The Morgan fingerprint density at radius 3 is 2.96 bits per heavy atom. The van der Waals surface area contributed by atoms with Crippen LogP contribution in [0.1, 0.15) is 41.2 Å². The standard InChI is InChI=1S/C16H24N4O2S/c17-6-5-14-19-13(10-23-14)16(22)20-7-1-2-12(9-20)15(21)18-8-11-3-4-11/h10-12H,1-9,17H2,(H,18,21). The number of aromatic nitrogens is 1. The monoisotopic (exact) mass is 336 g/mol. The fourth-order valence-electron chi connectivity index (χ4n) is 2.90. The van der Waals surface area contributed by atoms with E-state index in [0.29, 0.717) is 37.7 Å². The minimum absolute atomic E-state index is 0.0655. The van der Waals surface area contributed by atoms with Gasteiger partial charge in [0.25, 0.3) is 5.91 Å². The molecule has 3 rings (SSSR count). The Labute approximate surface area is 140 Å². The second kappa shape index (κ2) is 7.40. The van der Waals surface area contributed by atoms with Gasteiger partial charge in [0.2, 0.25) is 5.91 Å². The van der Waals surface area contributed by atoms with Gasteiger partial charge in [-0.1, -0.05) is 0 Å². The molecule has 6 nitrogen and oxygen atoms in total. The van der Waals surface area contributed by atoms with Crippen molar-refractivity contribution >= 4 is 23.2 Å². The van der Waals surface area contributed by atoms with Crippen LogP contribution in [0.5, 0.6) is 0 Å². The molecule has 2 aliphatic rings. The summed E-state index contributed by atoms with van der Waals surface area (Å²) in [7, 11) is 0. The lowest BCUT2D eigenvalue weighted by Crippen LogP contribution is -2.45. The number of nitrogens with zero attached hydrogens (tertiary/aromatic N) is 2. The summed E-state index contributed by atoms with van der Waals surface area (Å²) in [6, 6.07) is 0. The number of carbonyl (C=O) groups excluding carboxylic acids is 2. The van der Waals surface area contributed by atoms with Gasteiger partial charge in [-0.15, -0.1) is 11.3 Å². The molecule has 2 heterocycles. The van der Waals surface area contributed by atoms with Crippen molar-refractivity contribution in [3.8, 4) is 0 Å². The van der Waals surface area contributed by atoms with E-state index >= 15 is 0 Å². The van der Waals surface area contributed by atoms with Crippen molar-refractivity contribution in [2.75, 3.05) is 26.2 Å². The molecule has 1 aromatic rings. The summed E-state index contributed by atoms with van der Waals surface area (Å²) in [6.07, 6.45) is 4.88. The first-order valence-corrected chi connectivity index (χ1v) is 9.26. The van der Waals surface area contributed by atoms with E-state index in [1.54, 1.807) is 10.3 Å². The van der Waals surface area contributed by atoms with Gasteiger partial charge >= 0.3 is 0 Å². The lowest BCUT2D eigenvalue weighted by molar-refractivity contribution is -0.126. The molecule has 7 heteroatoms. The van der Waals surface area contributed by atoms with Gasteiger partial charge in [0, 0.05) is 31.4 Å². The first kappa shape index (κ1) is 16.4. The smallest absolute Gasteiger partial charge is 0.273 e. The van der Waals surface area contributed by atoms with Crippen LogP contribution in [0.3, 0.4) is 0 Å². The Morgan fingerprint density at radius 2 is 2.22 bits per heavy atom. The molecular formula is C16H24N4O2S. The topological polar surface area (TPSA) is 88.3 Å². The van der Waals surface area contributed by atoms with E-state index in [-0.39, 0.29) is 17.7 Å². The van der Waals surface area contributed by atoms with E-state index in [0.717, 1.165) is 24.4 Å². The van der Waals surface area contributed by atoms with E-state index in [1.165, 1.54) is 24.2 Å². The Kier molecular flexibility index (Phi) is 5.27. The molecule has 1 saturated heterocycles. The predicted octanol–water partition coefficient (Wildman–Crippen LogP) is 1.02. The molecule has 1 unspecified atom stereocenters. The van der Waals surface area contributed by atoms with Gasteiger partial charge in [0.15, 0.2) is 0 Å². The van der Waals surface area contributed by atoms with Crippen LogP contribution < -0.4 is 11.1 Å². The number of rotatable bonds is 6. The Morgan fingerprint density at radius 1 is 1.39 bits per heavy atom. The van der Waals surface area contributed by atoms with E-state index in [9.17, 15) is 9.59 Å². The van der Waals surface area contributed by atoms with Crippen molar-refractivity contribution in [1.29, 1.82) is 0 Å². The zero-order valence-corrected chi connectivity index (χ0v) is 14.1. The van der Waals surface area contributed by atoms with Crippen LogP contribution in [0.15, 0.2) is 5.38 Å². The van der Waals surface area contributed by atoms with Crippen molar-refractivity contribution in [1.82, 2.24) is 15.2 Å². The number of carbonyl (C=O) groups is 2. The molecule has 0 bridgehead atoms. The summed E-state index contributed by atoms with van der Waals surface area (Å²) >= 11 is 1.47. The normalized spacial score (nSPS) is 21.3. The van der Waals surface area contributed by atoms with Crippen molar-refractivity contribution in [2.24, 2.45) is 17.6 Å².